The summed E-state index contributed by atoms with van der Waals surface area (Å²) in [4.78, 5) is 17.2. The van der Waals surface area contributed by atoms with Gasteiger partial charge >= 0.3 is 0 Å². The van der Waals surface area contributed by atoms with Crippen molar-refractivity contribution in [3.8, 4) is 0 Å². The van der Waals surface area contributed by atoms with E-state index in [4.69, 9.17) is 0 Å². The van der Waals surface area contributed by atoms with E-state index in [-0.39, 0.29) is 23.5 Å². The second-order valence-electron chi connectivity index (χ2n) is 9.43. The summed E-state index contributed by atoms with van der Waals surface area (Å²) in [5, 5.41) is 0. The summed E-state index contributed by atoms with van der Waals surface area (Å²) in [7, 11) is -6.64. The number of hydrogen-bond donors (Lipinski definition) is 0. The van der Waals surface area contributed by atoms with Gasteiger partial charge < -0.3 is 4.90 Å². The highest BCUT2D eigenvalue weighted by Gasteiger charge is 2.38. The highest BCUT2D eigenvalue weighted by atomic mass is 32.2. The smallest absolute Gasteiger partial charge is 0.243 e. The monoisotopic (exact) mass is 497 g/mol. The molecule has 184 valence electrons. The molecule has 2 aliphatic heterocycles. The van der Waals surface area contributed by atoms with Crippen molar-refractivity contribution in [1.82, 2.24) is 14.1 Å². The number of amides is 1. The molecule has 1 aliphatic carbocycles. The van der Waals surface area contributed by atoms with E-state index >= 15 is 0 Å². The first kappa shape index (κ1) is 24.6. The van der Waals surface area contributed by atoms with Crippen LogP contribution in [-0.4, -0.2) is 93.2 Å². The predicted octanol–water partition coefficient (Wildman–Crippen LogP) is 1.30. The van der Waals surface area contributed by atoms with Gasteiger partial charge in [-0.2, -0.15) is 4.31 Å². The second kappa shape index (κ2) is 9.64. The zero-order valence-electron chi connectivity index (χ0n) is 19.6. The van der Waals surface area contributed by atoms with Crippen LogP contribution in [0, 0.1) is 0 Å². The van der Waals surface area contributed by atoms with E-state index in [1.165, 1.54) is 9.87 Å². The largest absolute Gasteiger partial charge is 0.338 e. The molecule has 0 radical (unpaired) electrons. The molecule has 0 unspecified atom stereocenters. The lowest BCUT2D eigenvalue weighted by Crippen LogP contribution is -2.56. The number of aryl methyl sites for hydroxylation is 2. The van der Waals surface area contributed by atoms with Gasteiger partial charge in [-0.3, -0.25) is 9.69 Å². The lowest BCUT2D eigenvalue weighted by Gasteiger charge is -2.39. The molecule has 10 heteroatoms. The van der Waals surface area contributed by atoms with Gasteiger partial charge in [0.15, 0.2) is 9.84 Å². The van der Waals surface area contributed by atoms with Gasteiger partial charge in [0.05, 0.1) is 22.4 Å². The number of hydrogen-bond acceptors (Lipinski definition) is 6. The summed E-state index contributed by atoms with van der Waals surface area (Å²) in [6.07, 6.45) is 4.69. The summed E-state index contributed by atoms with van der Waals surface area (Å²) in [5.74, 6) is 0.0897. The number of carbonyl (C=O) groups is 1. The summed E-state index contributed by atoms with van der Waals surface area (Å²) < 4.78 is 51.8. The Labute approximate surface area is 197 Å². The first-order chi connectivity index (χ1) is 15.6. The summed E-state index contributed by atoms with van der Waals surface area (Å²) in [6, 6.07) is 4.85. The molecule has 0 N–H and O–H groups in total. The molecule has 0 spiro atoms. The van der Waals surface area contributed by atoms with E-state index < -0.39 is 25.9 Å². The van der Waals surface area contributed by atoms with E-state index in [1.807, 2.05) is 30.9 Å². The van der Waals surface area contributed by atoms with Crippen LogP contribution in [0.1, 0.15) is 44.2 Å². The number of fused-ring (bicyclic) bond motifs is 1. The van der Waals surface area contributed by atoms with Gasteiger partial charge in [-0.15, -0.1) is 0 Å². The van der Waals surface area contributed by atoms with Gasteiger partial charge in [-0.25, -0.2) is 16.8 Å². The third-order valence-corrected chi connectivity index (χ3v) is 11.1. The maximum atomic E-state index is 13.2. The van der Waals surface area contributed by atoms with E-state index in [9.17, 15) is 21.6 Å². The number of rotatable bonds is 6. The molecule has 4 rings (SSSR count). The average Bonchev–Trinajstić information content (AvgIpc) is 3.17. The molecule has 8 nitrogen and oxygen atoms in total. The molecule has 1 aromatic rings. The van der Waals surface area contributed by atoms with Gasteiger partial charge in [0.1, 0.15) is 0 Å². The SMILES string of the molecule is CCN(C(=O)[C@@H](C)N1CCN(S(=O)(=O)c2ccc3c(c2)CCCC3)CC1)[C@@H]1CCS(=O)(=O)C1. The number of sulfone groups is 1. The molecular formula is C23H35N3O5S2. The minimum Gasteiger partial charge on any atom is -0.338 e. The van der Waals surface area contributed by atoms with Crippen LogP contribution in [0.25, 0.3) is 0 Å². The topological polar surface area (TPSA) is 95.1 Å². The molecule has 0 saturated carbocycles. The van der Waals surface area contributed by atoms with Crippen LogP contribution in [0.5, 0.6) is 0 Å². The Morgan fingerprint density at radius 3 is 2.39 bits per heavy atom. The van der Waals surface area contributed by atoms with Gasteiger partial charge in [-0.05, 0) is 69.2 Å². The fraction of sp³-hybridized carbons (Fsp3) is 0.696. The molecular weight excluding hydrogens is 462 g/mol. The average molecular weight is 498 g/mol. The van der Waals surface area contributed by atoms with Crippen LogP contribution in [-0.2, 0) is 37.5 Å². The van der Waals surface area contributed by atoms with Gasteiger partial charge in [0.25, 0.3) is 0 Å². The molecule has 1 aromatic carbocycles. The fourth-order valence-corrected chi connectivity index (χ4v) is 8.57. The minimum atomic E-state index is -3.57. The first-order valence-corrected chi connectivity index (χ1v) is 15.3. The number of sulfonamides is 1. The molecule has 3 aliphatic rings. The van der Waals surface area contributed by atoms with Crippen LogP contribution in [0.3, 0.4) is 0 Å². The number of nitrogens with zero attached hydrogens (tertiary/aromatic N) is 3. The van der Waals surface area contributed by atoms with E-state index in [0.29, 0.717) is 44.0 Å². The molecule has 0 aromatic heterocycles. The van der Waals surface area contributed by atoms with Crippen molar-refractivity contribution in [2.45, 2.75) is 62.9 Å². The van der Waals surface area contributed by atoms with Crippen molar-refractivity contribution in [3.63, 3.8) is 0 Å². The molecule has 1 amide bonds. The van der Waals surface area contributed by atoms with Crippen molar-refractivity contribution < 1.29 is 21.6 Å². The Balaban J connectivity index is 1.39. The predicted molar refractivity (Wildman–Crippen MR) is 127 cm³/mol. The van der Waals surface area contributed by atoms with E-state index in [0.717, 1.165) is 31.2 Å². The highest BCUT2D eigenvalue weighted by molar-refractivity contribution is 7.91. The minimum absolute atomic E-state index is 0.0338. The van der Waals surface area contributed by atoms with Crippen LogP contribution in [0.4, 0.5) is 0 Å². The van der Waals surface area contributed by atoms with Crippen LogP contribution >= 0.6 is 0 Å². The third kappa shape index (κ3) is 5.13. The maximum absolute atomic E-state index is 13.2. The highest BCUT2D eigenvalue weighted by Crippen LogP contribution is 2.27. The Kier molecular flexibility index (Phi) is 7.19. The molecule has 2 saturated heterocycles. The Bertz CT molecular complexity index is 1100. The second-order valence-corrected chi connectivity index (χ2v) is 13.6. The van der Waals surface area contributed by atoms with Crippen molar-refractivity contribution >= 4 is 25.8 Å². The lowest BCUT2D eigenvalue weighted by atomic mass is 9.92. The van der Waals surface area contributed by atoms with Crippen molar-refractivity contribution in [2.24, 2.45) is 0 Å². The summed E-state index contributed by atoms with van der Waals surface area (Å²) >= 11 is 0. The van der Waals surface area contributed by atoms with Gasteiger partial charge in [-0.1, -0.05) is 6.07 Å². The Morgan fingerprint density at radius 1 is 1.12 bits per heavy atom. The molecule has 2 fully saturated rings. The summed E-state index contributed by atoms with van der Waals surface area (Å²) in [6.45, 7) is 5.79. The fourth-order valence-electron chi connectivity index (χ4n) is 5.36. The number of piperazine rings is 1. The Morgan fingerprint density at radius 2 is 1.79 bits per heavy atom. The standard InChI is InChI=1S/C23H35N3O5S2/c1-3-26(21-10-15-32(28,29)17-21)23(27)18(2)24-11-13-25(14-12-24)33(30,31)22-9-8-19-6-4-5-7-20(19)16-22/h8-9,16,18,21H,3-7,10-15,17H2,1-2H3/t18-,21-/m1/s1. The normalized spacial score (nSPS) is 24.8. The van der Waals surface area contributed by atoms with E-state index in [1.54, 1.807) is 11.0 Å². The third-order valence-electron chi connectivity index (χ3n) is 7.41. The lowest BCUT2D eigenvalue weighted by molar-refractivity contribution is -0.138. The van der Waals surface area contributed by atoms with Gasteiger partial charge in [0, 0.05) is 38.8 Å². The molecule has 33 heavy (non-hydrogen) atoms. The van der Waals surface area contributed by atoms with Crippen molar-refractivity contribution in [2.75, 3.05) is 44.2 Å². The van der Waals surface area contributed by atoms with Crippen LogP contribution < -0.4 is 0 Å². The first-order valence-electron chi connectivity index (χ1n) is 12.0. The van der Waals surface area contributed by atoms with Crippen molar-refractivity contribution in [1.29, 1.82) is 0 Å². The summed E-state index contributed by atoms with van der Waals surface area (Å²) in [5.41, 5.74) is 2.40. The number of carbonyl (C=O) groups excluding carboxylic acids is 1. The zero-order chi connectivity index (χ0) is 23.8. The number of benzene rings is 1. The van der Waals surface area contributed by atoms with Crippen LogP contribution in [0.15, 0.2) is 23.1 Å². The van der Waals surface area contributed by atoms with Gasteiger partial charge in [0.2, 0.25) is 15.9 Å². The quantitative estimate of drug-likeness (QED) is 0.588. The van der Waals surface area contributed by atoms with E-state index in [2.05, 4.69) is 0 Å². The number of likely N-dealkylation sites (N-methyl/N-ethyl adjacent to an activating group) is 1. The molecule has 2 atom stereocenters. The van der Waals surface area contributed by atoms with Crippen molar-refractivity contribution in [3.05, 3.63) is 29.3 Å². The molecule has 0 bridgehead atoms. The molecule has 2 heterocycles. The zero-order valence-corrected chi connectivity index (χ0v) is 21.2. The Hall–Kier alpha value is -1.49. The van der Waals surface area contributed by atoms with Crippen LogP contribution in [0.2, 0.25) is 0 Å². The maximum Gasteiger partial charge on any atom is 0.243 e.